The highest BCUT2D eigenvalue weighted by molar-refractivity contribution is 5.94. The van der Waals surface area contributed by atoms with Crippen LogP contribution in [0.1, 0.15) is 30.1 Å². The lowest BCUT2D eigenvalue weighted by Crippen LogP contribution is -2.42. The molecule has 0 unspecified atom stereocenters. The third-order valence-corrected chi connectivity index (χ3v) is 5.35. The maximum absolute atomic E-state index is 12.5. The van der Waals surface area contributed by atoms with Gasteiger partial charge in [0, 0.05) is 17.8 Å². The van der Waals surface area contributed by atoms with Gasteiger partial charge in [-0.2, -0.15) is 0 Å². The van der Waals surface area contributed by atoms with Crippen LogP contribution >= 0.6 is 24.8 Å². The van der Waals surface area contributed by atoms with Gasteiger partial charge < -0.3 is 10.6 Å². The lowest BCUT2D eigenvalue weighted by atomic mass is 9.81. The number of para-hydroxylation sites is 2. The predicted molar refractivity (Wildman–Crippen MR) is 118 cm³/mol. The van der Waals surface area contributed by atoms with E-state index in [0.717, 1.165) is 49.2 Å². The second kappa shape index (κ2) is 9.41. The molecule has 7 heteroatoms. The fourth-order valence-electron chi connectivity index (χ4n) is 3.54. The molecule has 1 fully saturated rings. The zero-order valence-corrected chi connectivity index (χ0v) is 17.5. The highest BCUT2D eigenvalue weighted by Gasteiger charge is 2.27. The Bertz CT molecular complexity index is 918. The lowest BCUT2D eigenvalue weighted by molar-refractivity contribution is 0.0922. The van der Waals surface area contributed by atoms with Crippen LogP contribution in [-0.2, 0) is 0 Å². The quantitative estimate of drug-likeness (QED) is 0.670. The second-order valence-electron chi connectivity index (χ2n) is 7.39. The van der Waals surface area contributed by atoms with E-state index in [4.69, 9.17) is 0 Å². The van der Waals surface area contributed by atoms with Crippen molar-refractivity contribution in [2.75, 3.05) is 19.6 Å². The number of carbonyl (C=O) groups excluding carboxylic acids is 1. The molecule has 1 aliphatic rings. The molecule has 0 saturated carbocycles. The van der Waals surface area contributed by atoms with Crippen LogP contribution in [0.3, 0.4) is 0 Å². The third kappa shape index (κ3) is 4.66. The summed E-state index contributed by atoms with van der Waals surface area (Å²) in [4.78, 5) is 16.9. The number of rotatable bonds is 4. The summed E-state index contributed by atoms with van der Waals surface area (Å²) in [5, 5.41) is 6.48. The van der Waals surface area contributed by atoms with Gasteiger partial charge in [-0.25, -0.2) is 4.98 Å². The Morgan fingerprint density at radius 3 is 2.50 bits per heavy atom. The molecule has 3 aromatic rings. The average Bonchev–Trinajstić information content (AvgIpc) is 3.11. The number of hydrogen-bond acceptors (Lipinski definition) is 3. The summed E-state index contributed by atoms with van der Waals surface area (Å²) < 4.78 is 2.03. The van der Waals surface area contributed by atoms with Gasteiger partial charge in [0.05, 0.1) is 11.0 Å². The smallest absolute Gasteiger partial charge is 0.251 e. The molecule has 0 aliphatic carbocycles. The van der Waals surface area contributed by atoms with E-state index in [9.17, 15) is 4.79 Å². The van der Waals surface area contributed by atoms with Crippen molar-refractivity contribution in [2.45, 2.75) is 19.8 Å². The van der Waals surface area contributed by atoms with Crippen LogP contribution in [-0.4, -0.2) is 35.1 Å². The summed E-state index contributed by atoms with van der Waals surface area (Å²) in [5.74, 6) is -0.00760. The number of nitrogens with zero attached hydrogens (tertiary/aromatic N) is 2. The summed E-state index contributed by atoms with van der Waals surface area (Å²) in [5.41, 5.74) is 3.90. The first-order chi connectivity index (χ1) is 12.6. The van der Waals surface area contributed by atoms with Crippen molar-refractivity contribution in [2.24, 2.45) is 5.41 Å². The van der Waals surface area contributed by atoms with Gasteiger partial charge in [0.15, 0.2) is 0 Å². The highest BCUT2D eigenvalue weighted by Crippen LogP contribution is 2.26. The minimum Gasteiger partial charge on any atom is -0.351 e. The van der Waals surface area contributed by atoms with Crippen LogP contribution in [0.25, 0.3) is 16.7 Å². The number of carbonyl (C=O) groups is 1. The monoisotopic (exact) mass is 420 g/mol. The van der Waals surface area contributed by atoms with E-state index in [1.165, 1.54) is 0 Å². The molecule has 1 aromatic heterocycles. The Morgan fingerprint density at radius 1 is 1.11 bits per heavy atom. The normalized spacial score (nSPS) is 15.3. The van der Waals surface area contributed by atoms with Gasteiger partial charge in [-0.15, -0.1) is 24.8 Å². The molecular weight excluding hydrogens is 395 g/mol. The molecule has 28 heavy (non-hydrogen) atoms. The van der Waals surface area contributed by atoms with Gasteiger partial charge in [0.1, 0.15) is 6.33 Å². The van der Waals surface area contributed by atoms with Crippen LogP contribution in [0, 0.1) is 5.41 Å². The largest absolute Gasteiger partial charge is 0.351 e. The summed E-state index contributed by atoms with van der Waals surface area (Å²) in [6.07, 6.45) is 4.01. The predicted octanol–water partition coefficient (Wildman–Crippen LogP) is 3.99. The number of hydrogen-bond donors (Lipinski definition) is 2. The number of fused-ring (bicyclic) bond motifs is 1. The molecule has 5 nitrogen and oxygen atoms in total. The van der Waals surface area contributed by atoms with Crippen molar-refractivity contribution in [3.63, 3.8) is 0 Å². The molecule has 0 bridgehead atoms. The number of amides is 1. The molecular formula is C21H26Cl2N4O. The molecule has 1 aliphatic heterocycles. The van der Waals surface area contributed by atoms with Crippen LogP contribution in [0.4, 0.5) is 0 Å². The first kappa shape index (κ1) is 22.2. The van der Waals surface area contributed by atoms with E-state index in [2.05, 4.69) is 22.5 Å². The number of nitrogens with one attached hydrogen (secondary N) is 2. The van der Waals surface area contributed by atoms with Crippen molar-refractivity contribution in [3.05, 3.63) is 60.4 Å². The number of benzene rings is 2. The summed E-state index contributed by atoms with van der Waals surface area (Å²) in [6, 6.07) is 15.7. The van der Waals surface area contributed by atoms with Gasteiger partial charge in [-0.1, -0.05) is 19.1 Å². The van der Waals surface area contributed by atoms with Crippen LogP contribution in [0.5, 0.6) is 0 Å². The number of halogens is 2. The van der Waals surface area contributed by atoms with E-state index in [1.807, 2.05) is 59.4 Å². The molecule has 2 N–H and O–H groups in total. The van der Waals surface area contributed by atoms with E-state index in [-0.39, 0.29) is 36.1 Å². The van der Waals surface area contributed by atoms with Crippen molar-refractivity contribution in [1.29, 1.82) is 0 Å². The van der Waals surface area contributed by atoms with Crippen LogP contribution in [0.2, 0.25) is 0 Å². The first-order valence-electron chi connectivity index (χ1n) is 9.16. The zero-order chi connectivity index (χ0) is 18.0. The summed E-state index contributed by atoms with van der Waals surface area (Å²) in [6.45, 7) is 5.03. The highest BCUT2D eigenvalue weighted by atomic mass is 35.5. The fraction of sp³-hybridized carbons (Fsp3) is 0.333. The van der Waals surface area contributed by atoms with Crippen LogP contribution in [0.15, 0.2) is 54.9 Å². The number of aromatic nitrogens is 2. The third-order valence-electron chi connectivity index (χ3n) is 5.35. The Morgan fingerprint density at radius 2 is 1.79 bits per heavy atom. The number of piperidine rings is 1. The fourth-order valence-corrected chi connectivity index (χ4v) is 3.54. The summed E-state index contributed by atoms with van der Waals surface area (Å²) in [7, 11) is 0. The van der Waals surface area contributed by atoms with Crippen molar-refractivity contribution < 1.29 is 4.79 Å². The molecule has 2 aromatic carbocycles. The minimum atomic E-state index is -0.00760. The van der Waals surface area contributed by atoms with Gasteiger partial charge in [0.2, 0.25) is 0 Å². The molecule has 1 amide bonds. The van der Waals surface area contributed by atoms with Gasteiger partial charge in [0.25, 0.3) is 5.91 Å². The Hall–Kier alpha value is -2.08. The standard InChI is InChI=1S/C21H24N4O.2ClH/c1-21(10-12-22-13-11-21)14-23-20(26)16-6-8-17(9-7-16)25-15-24-18-4-2-3-5-19(18)25;;/h2-9,15,22H,10-14H2,1H3,(H,23,26);2*1H. The van der Waals surface area contributed by atoms with E-state index in [0.29, 0.717) is 5.56 Å². The van der Waals surface area contributed by atoms with Gasteiger partial charge in [-0.3, -0.25) is 9.36 Å². The van der Waals surface area contributed by atoms with Crippen molar-refractivity contribution in [1.82, 2.24) is 20.2 Å². The molecule has 0 radical (unpaired) electrons. The van der Waals surface area contributed by atoms with Gasteiger partial charge in [-0.05, 0) is 67.7 Å². The van der Waals surface area contributed by atoms with Crippen LogP contribution < -0.4 is 10.6 Å². The lowest BCUT2D eigenvalue weighted by Gasteiger charge is -2.34. The Balaban J connectivity index is 0.00000140. The van der Waals surface area contributed by atoms with Gasteiger partial charge >= 0.3 is 0 Å². The zero-order valence-electron chi connectivity index (χ0n) is 15.9. The maximum atomic E-state index is 12.5. The van der Waals surface area contributed by atoms with E-state index >= 15 is 0 Å². The van der Waals surface area contributed by atoms with Crippen molar-refractivity contribution >= 4 is 41.8 Å². The molecule has 2 heterocycles. The second-order valence-corrected chi connectivity index (χ2v) is 7.39. The Labute approximate surface area is 177 Å². The topological polar surface area (TPSA) is 59.0 Å². The van der Waals surface area contributed by atoms with E-state index in [1.54, 1.807) is 0 Å². The van der Waals surface area contributed by atoms with Crippen molar-refractivity contribution in [3.8, 4) is 5.69 Å². The SMILES string of the molecule is CC1(CNC(=O)c2ccc(-n3cnc4ccccc43)cc2)CCNCC1.Cl.Cl. The summed E-state index contributed by atoms with van der Waals surface area (Å²) >= 11 is 0. The molecule has 150 valence electrons. The Kier molecular flexibility index (Phi) is 7.47. The molecule has 0 atom stereocenters. The molecule has 4 rings (SSSR count). The van der Waals surface area contributed by atoms with E-state index < -0.39 is 0 Å². The molecule has 1 saturated heterocycles. The average molecular weight is 421 g/mol. The number of imidazole rings is 1. The maximum Gasteiger partial charge on any atom is 0.251 e. The first-order valence-corrected chi connectivity index (χ1v) is 9.16. The minimum absolute atomic E-state index is 0. The molecule has 0 spiro atoms.